The van der Waals surface area contributed by atoms with Gasteiger partial charge in [0, 0.05) is 5.56 Å². The van der Waals surface area contributed by atoms with Crippen LogP contribution >= 0.6 is 11.3 Å². The first-order valence-corrected chi connectivity index (χ1v) is 8.08. The van der Waals surface area contributed by atoms with Crippen LogP contribution in [0.5, 0.6) is 0 Å². The number of amides is 1. The maximum Gasteiger partial charge on any atom is 0.416 e. The van der Waals surface area contributed by atoms with Crippen LogP contribution in [-0.2, 0) is 6.18 Å². The van der Waals surface area contributed by atoms with E-state index in [1.807, 2.05) is 0 Å². The summed E-state index contributed by atoms with van der Waals surface area (Å²) in [5.41, 5.74) is -0.614. The molecule has 1 N–H and O–H groups in total. The summed E-state index contributed by atoms with van der Waals surface area (Å²) in [5.74, 6) is -0.156. The first-order valence-electron chi connectivity index (χ1n) is 7.20. The number of nitrogens with one attached hydrogen (secondary N) is 1. The van der Waals surface area contributed by atoms with Crippen LogP contribution < -0.4 is 5.32 Å². The van der Waals surface area contributed by atoms with Gasteiger partial charge >= 0.3 is 6.18 Å². The largest absolute Gasteiger partial charge is 0.416 e. The Morgan fingerprint density at radius 2 is 2.08 bits per heavy atom. The van der Waals surface area contributed by atoms with E-state index in [0.29, 0.717) is 4.88 Å². The molecular formula is C16H12F3N3O2S. The summed E-state index contributed by atoms with van der Waals surface area (Å²) < 4.78 is 43.4. The third-order valence-corrected chi connectivity index (χ3v) is 4.22. The number of hydrogen-bond donors (Lipinski definition) is 1. The quantitative estimate of drug-likeness (QED) is 0.746. The van der Waals surface area contributed by atoms with Crippen LogP contribution in [0.15, 0.2) is 46.3 Å². The van der Waals surface area contributed by atoms with E-state index in [1.165, 1.54) is 23.5 Å². The first-order chi connectivity index (χ1) is 11.8. The molecular weight excluding hydrogens is 355 g/mol. The van der Waals surface area contributed by atoms with E-state index in [-0.39, 0.29) is 23.2 Å². The van der Waals surface area contributed by atoms with Crippen molar-refractivity contribution < 1.29 is 22.5 Å². The zero-order valence-electron chi connectivity index (χ0n) is 12.9. The van der Waals surface area contributed by atoms with Crippen molar-refractivity contribution in [1.29, 1.82) is 0 Å². The summed E-state index contributed by atoms with van der Waals surface area (Å²) in [7, 11) is 0. The second-order valence-electron chi connectivity index (χ2n) is 5.21. The molecule has 1 amide bonds. The van der Waals surface area contributed by atoms with Gasteiger partial charge in [0.05, 0.1) is 10.4 Å². The predicted octanol–water partition coefficient (Wildman–Crippen LogP) is 4.31. The average Bonchev–Trinajstić information content (AvgIpc) is 3.26. The van der Waals surface area contributed by atoms with Crippen LogP contribution in [0.1, 0.15) is 34.1 Å². The van der Waals surface area contributed by atoms with E-state index < -0.39 is 17.8 Å². The van der Waals surface area contributed by atoms with Crippen molar-refractivity contribution in [1.82, 2.24) is 15.5 Å². The van der Waals surface area contributed by atoms with E-state index in [1.54, 1.807) is 24.4 Å². The summed E-state index contributed by atoms with van der Waals surface area (Å²) >= 11 is 1.29. The standard InChI is InChI=1S/C16H12F3N3O2S/c1-9(20-14(23)12-6-3-7-25-12)15-21-13(22-24-15)10-4-2-5-11(8-10)16(17,18)19/h2-9H,1H3,(H,20,23). The maximum atomic E-state index is 12.8. The van der Waals surface area contributed by atoms with Gasteiger partial charge in [0.15, 0.2) is 0 Å². The zero-order chi connectivity index (χ0) is 18.0. The average molecular weight is 367 g/mol. The maximum absolute atomic E-state index is 12.8. The molecule has 1 unspecified atom stereocenters. The van der Waals surface area contributed by atoms with Gasteiger partial charge < -0.3 is 9.84 Å². The number of nitrogens with zero attached hydrogens (tertiary/aromatic N) is 2. The molecule has 1 aromatic carbocycles. The van der Waals surface area contributed by atoms with Crippen LogP contribution in [0.25, 0.3) is 11.4 Å². The Morgan fingerprint density at radius 1 is 1.28 bits per heavy atom. The molecule has 5 nitrogen and oxygen atoms in total. The van der Waals surface area contributed by atoms with E-state index in [4.69, 9.17) is 4.52 Å². The summed E-state index contributed by atoms with van der Waals surface area (Å²) in [5, 5.41) is 8.17. The summed E-state index contributed by atoms with van der Waals surface area (Å²) in [4.78, 5) is 16.6. The van der Waals surface area contributed by atoms with Crippen LogP contribution in [0, 0.1) is 0 Å². The van der Waals surface area contributed by atoms with Crippen LogP contribution in [0.4, 0.5) is 13.2 Å². The molecule has 0 spiro atoms. The Labute approximate surface area is 144 Å². The number of thiophene rings is 1. The predicted molar refractivity (Wildman–Crippen MR) is 84.9 cm³/mol. The Kier molecular flexibility index (Phi) is 4.58. The van der Waals surface area contributed by atoms with E-state index >= 15 is 0 Å². The minimum Gasteiger partial charge on any atom is -0.340 e. The molecule has 1 atom stereocenters. The Morgan fingerprint density at radius 3 is 2.76 bits per heavy atom. The minimum atomic E-state index is -4.45. The molecule has 130 valence electrons. The summed E-state index contributed by atoms with van der Waals surface area (Å²) in [6.45, 7) is 1.65. The highest BCUT2D eigenvalue weighted by atomic mass is 32.1. The van der Waals surface area contributed by atoms with Crippen molar-refractivity contribution in [2.75, 3.05) is 0 Å². The fourth-order valence-corrected chi connectivity index (χ4v) is 2.73. The highest BCUT2D eigenvalue weighted by Crippen LogP contribution is 2.31. The van der Waals surface area contributed by atoms with Crippen molar-refractivity contribution in [2.24, 2.45) is 0 Å². The highest BCUT2D eigenvalue weighted by molar-refractivity contribution is 7.12. The fourth-order valence-electron chi connectivity index (χ4n) is 2.10. The van der Waals surface area contributed by atoms with Gasteiger partial charge in [-0.2, -0.15) is 18.2 Å². The van der Waals surface area contributed by atoms with Gasteiger partial charge in [0.2, 0.25) is 11.7 Å². The lowest BCUT2D eigenvalue weighted by Crippen LogP contribution is -2.26. The molecule has 0 aliphatic carbocycles. The van der Waals surface area contributed by atoms with Crippen molar-refractivity contribution in [3.05, 3.63) is 58.1 Å². The van der Waals surface area contributed by atoms with E-state index in [2.05, 4.69) is 15.5 Å². The lowest BCUT2D eigenvalue weighted by atomic mass is 10.1. The van der Waals surface area contributed by atoms with Gasteiger partial charge in [-0.05, 0) is 30.5 Å². The monoisotopic (exact) mass is 367 g/mol. The molecule has 3 aromatic rings. The number of rotatable bonds is 4. The third-order valence-electron chi connectivity index (χ3n) is 3.35. The molecule has 9 heteroatoms. The number of carbonyl (C=O) groups excluding carboxylic acids is 1. The van der Waals surface area contributed by atoms with Crippen molar-refractivity contribution >= 4 is 17.2 Å². The number of carbonyl (C=O) groups is 1. The molecule has 2 aromatic heterocycles. The van der Waals surface area contributed by atoms with Crippen molar-refractivity contribution in [2.45, 2.75) is 19.1 Å². The molecule has 0 bridgehead atoms. The topological polar surface area (TPSA) is 68.0 Å². The van der Waals surface area contributed by atoms with Gasteiger partial charge in [-0.3, -0.25) is 4.79 Å². The molecule has 2 heterocycles. The molecule has 0 fully saturated rings. The Balaban J connectivity index is 1.77. The SMILES string of the molecule is CC(NC(=O)c1cccs1)c1nc(-c2cccc(C(F)(F)F)c2)no1. The van der Waals surface area contributed by atoms with Crippen molar-refractivity contribution in [3.63, 3.8) is 0 Å². The van der Waals surface area contributed by atoms with Gasteiger partial charge in [-0.15, -0.1) is 11.3 Å². The molecule has 25 heavy (non-hydrogen) atoms. The second kappa shape index (κ2) is 6.67. The van der Waals surface area contributed by atoms with Crippen LogP contribution in [0.2, 0.25) is 0 Å². The Hall–Kier alpha value is -2.68. The normalized spacial score (nSPS) is 12.8. The third kappa shape index (κ3) is 3.87. The number of alkyl halides is 3. The number of halogens is 3. The fraction of sp³-hybridized carbons (Fsp3) is 0.188. The van der Waals surface area contributed by atoms with Crippen LogP contribution in [0.3, 0.4) is 0 Å². The highest BCUT2D eigenvalue weighted by Gasteiger charge is 2.31. The molecule has 0 saturated carbocycles. The molecule has 0 radical (unpaired) electrons. The molecule has 0 saturated heterocycles. The van der Waals surface area contributed by atoms with Gasteiger partial charge in [0.1, 0.15) is 6.04 Å². The lowest BCUT2D eigenvalue weighted by Gasteiger charge is -2.08. The van der Waals surface area contributed by atoms with Crippen LogP contribution in [-0.4, -0.2) is 16.0 Å². The lowest BCUT2D eigenvalue weighted by molar-refractivity contribution is -0.137. The molecule has 0 aliphatic heterocycles. The zero-order valence-corrected chi connectivity index (χ0v) is 13.7. The smallest absolute Gasteiger partial charge is 0.340 e. The van der Waals surface area contributed by atoms with Gasteiger partial charge in [-0.25, -0.2) is 0 Å². The number of hydrogen-bond acceptors (Lipinski definition) is 5. The van der Waals surface area contributed by atoms with Gasteiger partial charge in [-0.1, -0.05) is 23.4 Å². The minimum absolute atomic E-state index is 0.0262. The summed E-state index contributed by atoms with van der Waals surface area (Å²) in [6, 6.07) is 7.49. The number of aromatic nitrogens is 2. The summed E-state index contributed by atoms with van der Waals surface area (Å²) in [6.07, 6.45) is -4.45. The van der Waals surface area contributed by atoms with Crippen molar-refractivity contribution in [3.8, 4) is 11.4 Å². The Bertz CT molecular complexity index is 875. The van der Waals surface area contributed by atoms with Gasteiger partial charge in [0.25, 0.3) is 5.91 Å². The van der Waals surface area contributed by atoms with E-state index in [9.17, 15) is 18.0 Å². The molecule has 3 rings (SSSR count). The second-order valence-corrected chi connectivity index (χ2v) is 6.15. The molecule has 0 aliphatic rings. The first kappa shape index (κ1) is 17.2. The van der Waals surface area contributed by atoms with E-state index in [0.717, 1.165) is 12.1 Å². The number of benzene rings is 1.